The van der Waals surface area contributed by atoms with Crippen LogP contribution >= 0.6 is 11.8 Å². The molecular weight excluding hydrogens is 616 g/mol. The van der Waals surface area contributed by atoms with E-state index < -0.39 is 30.1 Å². The van der Waals surface area contributed by atoms with Gasteiger partial charge in [0, 0.05) is 29.6 Å². The number of carbonyl (C=O) groups excluding carboxylic acids is 5. The Morgan fingerprint density at radius 3 is 1.89 bits per heavy atom. The molecule has 6 atom stereocenters. The van der Waals surface area contributed by atoms with E-state index in [2.05, 4.69) is 31.9 Å². The van der Waals surface area contributed by atoms with Gasteiger partial charge in [0.05, 0.1) is 6.04 Å². The molecule has 0 radical (unpaired) electrons. The van der Waals surface area contributed by atoms with Crippen molar-refractivity contribution in [2.75, 3.05) is 19.3 Å². The SMILES string of the molecule is CCC[C@H](NC(=O)C(NC(=O)c1ccc(SC)cc1)[C@@H](C)CC)C(=O)NC(CN[C@@H](C)C(=O)NC(C(=O)NCC)C(C)C)CC(C)C. The first-order valence-corrected chi connectivity index (χ1v) is 18.3. The van der Waals surface area contributed by atoms with Crippen LogP contribution in [0.25, 0.3) is 0 Å². The van der Waals surface area contributed by atoms with Crippen LogP contribution in [0.2, 0.25) is 0 Å². The Bertz CT molecular complexity index is 1150. The van der Waals surface area contributed by atoms with Crippen LogP contribution in [0, 0.1) is 17.8 Å². The van der Waals surface area contributed by atoms with Crippen molar-refractivity contribution in [3.63, 3.8) is 0 Å². The van der Waals surface area contributed by atoms with Crippen LogP contribution in [-0.4, -0.2) is 79.1 Å². The molecule has 0 aliphatic rings. The molecule has 1 aromatic carbocycles. The standard InChI is InChI=1S/C35H60N6O5S/c1-11-14-28(39-35(46)30(23(8)12-2)41-32(43)25-15-17-27(47-10)18-16-25)33(44)38-26(19-21(4)5)20-37-24(9)31(42)40-29(22(6)7)34(45)36-13-3/h15-18,21-24,26,28-30,37H,11-14,19-20H2,1-10H3,(H,36,45)(H,38,44)(H,39,46)(H,40,42)(H,41,43)/t23-,24-,26?,28-,29?,30?/m0/s1. The minimum Gasteiger partial charge on any atom is -0.355 e. The van der Waals surface area contributed by atoms with Crippen molar-refractivity contribution in [3.8, 4) is 0 Å². The van der Waals surface area contributed by atoms with Crippen molar-refractivity contribution < 1.29 is 24.0 Å². The van der Waals surface area contributed by atoms with Gasteiger partial charge in [0.15, 0.2) is 0 Å². The highest BCUT2D eigenvalue weighted by Gasteiger charge is 2.31. The minimum absolute atomic E-state index is 0.0869. The first-order chi connectivity index (χ1) is 22.2. The lowest BCUT2D eigenvalue weighted by atomic mass is 9.97. The molecule has 0 bridgehead atoms. The molecule has 11 nitrogen and oxygen atoms in total. The summed E-state index contributed by atoms with van der Waals surface area (Å²) in [4.78, 5) is 66.7. The fourth-order valence-corrected chi connectivity index (χ4v) is 5.47. The molecule has 6 N–H and O–H groups in total. The van der Waals surface area contributed by atoms with Crippen molar-refractivity contribution >= 4 is 41.3 Å². The normalized spacial score (nSPS) is 15.1. The zero-order chi connectivity index (χ0) is 35.7. The summed E-state index contributed by atoms with van der Waals surface area (Å²) in [6, 6.07) is 4.01. The van der Waals surface area contributed by atoms with E-state index in [0.717, 1.165) is 4.90 Å². The van der Waals surface area contributed by atoms with Gasteiger partial charge >= 0.3 is 0 Å². The van der Waals surface area contributed by atoms with Crippen LogP contribution in [0.5, 0.6) is 0 Å². The third-order valence-corrected chi connectivity index (χ3v) is 8.85. The minimum atomic E-state index is -0.818. The molecular formula is C35H60N6O5S. The molecule has 47 heavy (non-hydrogen) atoms. The molecule has 5 amide bonds. The maximum Gasteiger partial charge on any atom is 0.251 e. The molecule has 0 fully saturated rings. The molecule has 12 heteroatoms. The van der Waals surface area contributed by atoms with E-state index >= 15 is 0 Å². The third-order valence-electron chi connectivity index (χ3n) is 8.11. The number of hydrogen-bond donors (Lipinski definition) is 6. The van der Waals surface area contributed by atoms with Gasteiger partial charge in [-0.1, -0.05) is 61.3 Å². The summed E-state index contributed by atoms with van der Waals surface area (Å²) in [5.41, 5.74) is 0.461. The molecule has 0 saturated carbocycles. The second-order valence-electron chi connectivity index (χ2n) is 13.0. The lowest BCUT2D eigenvalue weighted by Crippen LogP contribution is -2.58. The average molecular weight is 677 g/mol. The Balaban J connectivity index is 2.98. The van der Waals surface area contributed by atoms with Gasteiger partial charge in [0.1, 0.15) is 18.1 Å². The molecule has 266 valence electrons. The van der Waals surface area contributed by atoms with Crippen LogP contribution in [0.3, 0.4) is 0 Å². The summed E-state index contributed by atoms with van der Waals surface area (Å²) in [5, 5.41) is 17.7. The van der Waals surface area contributed by atoms with Crippen molar-refractivity contribution in [1.82, 2.24) is 31.9 Å². The van der Waals surface area contributed by atoms with Gasteiger partial charge in [-0.25, -0.2) is 0 Å². The van der Waals surface area contributed by atoms with Crippen LogP contribution in [0.15, 0.2) is 29.2 Å². The number of nitrogens with one attached hydrogen (secondary N) is 6. The second kappa shape index (κ2) is 21.7. The summed E-state index contributed by atoms with van der Waals surface area (Å²) >= 11 is 1.58. The van der Waals surface area contributed by atoms with E-state index in [4.69, 9.17) is 0 Å². The van der Waals surface area contributed by atoms with E-state index in [0.29, 0.717) is 44.3 Å². The zero-order valence-electron chi connectivity index (χ0n) is 30.1. The Morgan fingerprint density at radius 1 is 0.745 bits per heavy atom. The smallest absolute Gasteiger partial charge is 0.251 e. The van der Waals surface area contributed by atoms with E-state index in [1.54, 1.807) is 30.8 Å². The van der Waals surface area contributed by atoms with Crippen LogP contribution in [0.4, 0.5) is 0 Å². The number of rotatable bonds is 21. The predicted molar refractivity (Wildman–Crippen MR) is 190 cm³/mol. The van der Waals surface area contributed by atoms with Gasteiger partial charge in [0.25, 0.3) is 5.91 Å². The van der Waals surface area contributed by atoms with Gasteiger partial charge < -0.3 is 31.9 Å². The quantitative estimate of drug-likeness (QED) is 0.109. The second-order valence-corrected chi connectivity index (χ2v) is 13.9. The molecule has 3 unspecified atom stereocenters. The lowest BCUT2D eigenvalue weighted by Gasteiger charge is -2.29. The van der Waals surface area contributed by atoms with Crippen molar-refractivity contribution in [1.29, 1.82) is 0 Å². The van der Waals surface area contributed by atoms with E-state index in [-0.39, 0.29) is 47.4 Å². The lowest BCUT2D eigenvalue weighted by molar-refractivity contribution is -0.131. The maximum atomic E-state index is 13.6. The monoisotopic (exact) mass is 676 g/mol. The van der Waals surface area contributed by atoms with Crippen molar-refractivity contribution in [3.05, 3.63) is 29.8 Å². The zero-order valence-corrected chi connectivity index (χ0v) is 30.9. The topological polar surface area (TPSA) is 158 Å². The Hall–Kier alpha value is -3.12. The summed E-state index contributed by atoms with van der Waals surface area (Å²) in [6.07, 6.45) is 4.35. The summed E-state index contributed by atoms with van der Waals surface area (Å²) in [6.45, 7) is 18.0. The molecule has 0 saturated heterocycles. The average Bonchev–Trinajstić information content (AvgIpc) is 3.03. The highest BCUT2D eigenvalue weighted by atomic mass is 32.2. The molecule has 0 spiro atoms. The molecule has 1 rings (SSSR count). The fourth-order valence-electron chi connectivity index (χ4n) is 5.06. The molecule has 1 aromatic rings. The Labute approximate surface area is 286 Å². The fraction of sp³-hybridized carbons (Fsp3) is 0.686. The molecule has 0 aromatic heterocycles. The third kappa shape index (κ3) is 14.7. The van der Waals surface area contributed by atoms with Gasteiger partial charge in [-0.15, -0.1) is 11.8 Å². The van der Waals surface area contributed by atoms with E-state index in [9.17, 15) is 24.0 Å². The van der Waals surface area contributed by atoms with Crippen molar-refractivity contribution in [2.24, 2.45) is 17.8 Å². The number of likely N-dealkylation sites (N-methyl/N-ethyl adjacent to an activating group) is 1. The largest absolute Gasteiger partial charge is 0.355 e. The Morgan fingerprint density at radius 2 is 1.38 bits per heavy atom. The van der Waals surface area contributed by atoms with Gasteiger partial charge in [0.2, 0.25) is 23.6 Å². The highest BCUT2D eigenvalue weighted by Crippen LogP contribution is 2.16. The van der Waals surface area contributed by atoms with E-state index in [1.807, 2.05) is 73.8 Å². The first-order valence-electron chi connectivity index (χ1n) is 17.1. The van der Waals surface area contributed by atoms with Crippen LogP contribution in [-0.2, 0) is 19.2 Å². The van der Waals surface area contributed by atoms with Gasteiger partial charge in [-0.3, -0.25) is 24.0 Å². The predicted octanol–water partition coefficient (Wildman–Crippen LogP) is 3.62. The van der Waals surface area contributed by atoms with Gasteiger partial charge in [-0.2, -0.15) is 0 Å². The number of amides is 5. The summed E-state index contributed by atoms with van der Waals surface area (Å²) in [5.74, 6) is -1.60. The van der Waals surface area contributed by atoms with Crippen LogP contribution in [0.1, 0.15) is 98.4 Å². The number of carbonyl (C=O) groups is 5. The summed E-state index contributed by atoms with van der Waals surface area (Å²) < 4.78 is 0. The van der Waals surface area contributed by atoms with E-state index in [1.165, 1.54) is 0 Å². The summed E-state index contributed by atoms with van der Waals surface area (Å²) in [7, 11) is 0. The highest BCUT2D eigenvalue weighted by molar-refractivity contribution is 7.98. The number of hydrogen-bond acceptors (Lipinski definition) is 7. The van der Waals surface area contributed by atoms with Crippen LogP contribution < -0.4 is 31.9 Å². The first kappa shape index (κ1) is 41.9. The Kier molecular flexibility index (Phi) is 19.3. The molecule has 0 aliphatic carbocycles. The molecule has 0 heterocycles. The van der Waals surface area contributed by atoms with Gasteiger partial charge in [-0.05, 0) is 75.0 Å². The molecule has 0 aliphatic heterocycles. The maximum absolute atomic E-state index is 13.6. The number of benzene rings is 1. The number of thioether (sulfide) groups is 1. The van der Waals surface area contributed by atoms with Crippen molar-refractivity contribution in [2.45, 2.75) is 123 Å².